The number of carbonyl (C=O) groups is 2. The molecule has 0 aliphatic heterocycles. The standard InChI is InChI=1S/C8H14N2O4/c11-7(10-14-5-8(12)13)4-9-3-6-1-2-6/h6,9H,1-5H2,(H,10,11)(H,12,13). The lowest BCUT2D eigenvalue weighted by Crippen LogP contribution is -2.35. The lowest BCUT2D eigenvalue weighted by molar-refractivity contribution is -0.149. The summed E-state index contributed by atoms with van der Waals surface area (Å²) in [6.45, 7) is 0.483. The monoisotopic (exact) mass is 202 g/mol. The molecule has 1 aliphatic carbocycles. The van der Waals surface area contributed by atoms with Gasteiger partial charge in [-0.05, 0) is 25.3 Å². The molecule has 1 amide bonds. The maximum absolute atomic E-state index is 10.9. The first-order chi connectivity index (χ1) is 6.68. The van der Waals surface area contributed by atoms with Gasteiger partial charge in [-0.15, -0.1) is 0 Å². The molecule has 0 atom stereocenters. The van der Waals surface area contributed by atoms with Gasteiger partial charge in [0.25, 0.3) is 5.91 Å². The largest absolute Gasteiger partial charge is 0.479 e. The van der Waals surface area contributed by atoms with Crippen molar-refractivity contribution in [3.8, 4) is 0 Å². The zero-order valence-electron chi connectivity index (χ0n) is 7.78. The number of hydroxylamine groups is 1. The van der Waals surface area contributed by atoms with Crippen molar-refractivity contribution in [1.82, 2.24) is 10.8 Å². The topological polar surface area (TPSA) is 87.7 Å². The molecule has 6 heteroatoms. The molecule has 3 N–H and O–H groups in total. The minimum atomic E-state index is -1.11. The highest BCUT2D eigenvalue weighted by Crippen LogP contribution is 2.27. The first-order valence-corrected chi connectivity index (χ1v) is 4.51. The molecule has 1 fully saturated rings. The molecule has 1 aliphatic rings. The number of aliphatic carboxylic acids is 1. The van der Waals surface area contributed by atoms with Crippen LogP contribution in [-0.2, 0) is 14.4 Å². The molecule has 0 radical (unpaired) electrons. The van der Waals surface area contributed by atoms with Crippen LogP contribution in [0.3, 0.4) is 0 Å². The molecule has 0 aromatic rings. The van der Waals surface area contributed by atoms with E-state index in [1.54, 1.807) is 0 Å². The van der Waals surface area contributed by atoms with Crippen LogP contribution >= 0.6 is 0 Å². The predicted molar refractivity (Wildman–Crippen MR) is 47.3 cm³/mol. The van der Waals surface area contributed by atoms with Crippen molar-refractivity contribution < 1.29 is 19.5 Å². The van der Waals surface area contributed by atoms with Gasteiger partial charge in [0.2, 0.25) is 0 Å². The summed E-state index contributed by atoms with van der Waals surface area (Å²) in [4.78, 5) is 25.3. The van der Waals surface area contributed by atoms with Crippen LogP contribution in [0.25, 0.3) is 0 Å². The number of amides is 1. The van der Waals surface area contributed by atoms with Gasteiger partial charge in [-0.3, -0.25) is 9.63 Å². The number of carboxylic acids is 1. The first kappa shape index (κ1) is 10.9. The summed E-state index contributed by atoms with van der Waals surface area (Å²) in [7, 11) is 0. The van der Waals surface area contributed by atoms with Crippen molar-refractivity contribution in [3.63, 3.8) is 0 Å². The van der Waals surface area contributed by atoms with Crippen LogP contribution in [0.1, 0.15) is 12.8 Å². The number of carbonyl (C=O) groups excluding carboxylic acids is 1. The van der Waals surface area contributed by atoms with Crippen LogP contribution in [0.4, 0.5) is 0 Å². The van der Waals surface area contributed by atoms with Crippen LogP contribution < -0.4 is 10.8 Å². The van der Waals surface area contributed by atoms with E-state index in [2.05, 4.69) is 10.2 Å². The van der Waals surface area contributed by atoms with Crippen LogP contribution in [0, 0.1) is 5.92 Å². The van der Waals surface area contributed by atoms with Gasteiger partial charge in [0.05, 0.1) is 6.54 Å². The van der Waals surface area contributed by atoms with Gasteiger partial charge in [-0.25, -0.2) is 10.3 Å². The maximum atomic E-state index is 10.9. The smallest absolute Gasteiger partial charge is 0.332 e. The van der Waals surface area contributed by atoms with E-state index in [4.69, 9.17) is 5.11 Å². The van der Waals surface area contributed by atoms with Gasteiger partial charge in [-0.2, -0.15) is 0 Å². The lowest BCUT2D eigenvalue weighted by Gasteiger charge is -2.04. The zero-order valence-corrected chi connectivity index (χ0v) is 7.78. The van der Waals surface area contributed by atoms with Crippen molar-refractivity contribution in [3.05, 3.63) is 0 Å². The highest BCUT2D eigenvalue weighted by molar-refractivity contribution is 5.77. The SMILES string of the molecule is O=C(O)CONC(=O)CNCC1CC1. The summed E-state index contributed by atoms with van der Waals surface area (Å²) in [5.74, 6) is -0.758. The second kappa shape index (κ2) is 5.56. The Balaban J connectivity index is 1.89. The Kier molecular flexibility index (Phi) is 4.34. The summed E-state index contributed by atoms with van der Waals surface area (Å²) in [5, 5.41) is 11.1. The Hall–Kier alpha value is -1.14. The summed E-state index contributed by atoms with van der Waals surface area (Å²) in [6, 6.07) is 0. The Morgan fingerprint density at radius 3 is 2.71 bits per heavy atom. The van der Waals surface area contributed by atoms with Crippen LogP contribution in [0.5, 0.6) is 0 Å². The fourth-order valence-electron chi connectivity index (χ4n) is 0.926. The minimum Gasteiger partial charge on any atom is -0.479 e. The first-order valence-electron chi connectivity index (χ1n) is 4.51. The average molecular weight is 202 g/mol. The van der Waals surface area contributed by atoms with E-state index < -0.39 is 12.6 Å². The van der Waals surface area contributed by atoms with Crippen LogP contribution in [0.15, 0.2) is 0 Å². The normalized spacial score (nSPS) is 15.1. The third-order valence-corrected chi connectivity index (χ3v) is 1.80. The quantitative estimate of drug-likeness (QED) is 0.466. The highest BCUT2D eigenvalue weighted by Gasteiger charge is 2.20. The van der Waals surface area contributed by atoms with E-state index in [0.717, 1.165) is 6.54 Å². The molecule has 0 heterocycles. The van der Waals surface area contributed by atoms with E-state index in [1.165, 1.54) is 12.8 Å². The third kappa shape index (κ3) is 5.50. The molecular formula is C8H14N2O4. The highest BCUT2D eigenvalue weighted by atomic mass is 16.7. The molecule has 14 heavy (non-hydrogen) atoms. The maximum Gasteiger partial charge on any atom is 0.332 e. The second-order valence-corrected chi connectivity index (χ2v) is 3.28. The molecule has 0 saturated heterocycles. The number of hydrogen-bond donors (Lipinski definition) is 3. The van der Waals surface area contributed by atoms with E-state index in [0.29, 0.717) is 5.92 Å². The molecule has 80 valence electrons. The molecule has 6 nitrogen and oxygen atoms in total. The molecule has 0 bridgehead atoms. The van der Waals surface area contributed by atoms with Gasteiger partial charge in [0.15, 0.2) is 6.61 Å². The number of nitrogens with one attached hydrogen (secondary N) is 2. The van der Waals surface area contributed by atoms with Crippen molar-refractivity contribution in [1.29, 1.82) is 0 Å². The molecule has 0 unspecified atom stereocenters. The molecule has 1 rings (SSSR count). The average Bonchev–Trinajstić information content (AvgIpc) is 2.87. The Morgan fingerprint density at radius 2 is 2.14 bits per heavy atom. The molecule has 1 saturated carbocycles. The predicted octanol–water partition coefficient (Wildman–Crippen LogP) is -0.882. The summed E-state index contributed by atoms with van der Waals surface area (Å²) in [6.07, 6.45) is 2.45. The third-order valence-electron chi connectivity index (χ3n) is 1.80. The van der Waals surface area contributed by atoms with E-state index in [-0.39, 0.29) is 12.5 Å². The Bertz CT molecular complexity index is 215. The number of carboxylic acid groups (broad SMARTS) is 1. The minimum absolute atomic E-state index is 0.163. The number of hydrogen-bond acceptors (Lipinski definition) is 4. The fraction of sp³-hybridized carbons (Fsp3) is 0.750. The van der Waals surface area contributed by atoms with Crippen LogP contribution in [0.2, 0.25) is 0 Å². The molecule has 0 aromatic carbocycles. The lowest BCUT2D eigenvalue weighted by atomic mass is 10.4. The zero-order chi connectivity index (χ0) is 10.4. The van der Waals surface area contributed by atoms with Gasteiger partial charge in [-0.1, -0.05) is 0 Å². The molecule has 0 spiro atoms. The Morgan fingerprint density at radius 1 is 1.43 bits per heavy atom. The van der Waals surface area contributed by atoms with Gasteiger partial charge < -0.3 is 10.4 Å². The van der Waals surface area contributed by atoms with Crippen molar-refractivity contribution in [2.75, 3.05) is 19.7 Å². The van der Waals surface area contributed by atoms with E-state index >= 15 is 0 Å². The van der Waals surface area contributed by atoms with Crippen molar-refractivity contribution >= 4 is 11.9 Å². The fourth-order valence-corrected chi connectivity index (χ4v) is 0.926. The summed E-state index contributed by atoms with van der Waals surface area (Å²) in [5.41, 5.74) is 2.03. The number of rotatable bonds is 7. The summed E-state index contributed by atoms with van der Waals surface area (Å²) >= 11 is 0. The van der Waals surface area contributed by atoms with Crippen molar-refractivity contribution in [2.24, 2.45) is 5.92 Å². The molecule has 0 aromatic heterocycles. The van der Waals surface area contributed by atoms with Crippen molar-refractivity contribution in [2.45, 2.75) is 12.8 Å². The Labute approximate surface area is 81.6 Å². The van der Waals surface area contributed by atoms with Gasteiger partial charge >= 0.3 is 5.97 Å². The second-order valence-electron chi connectivity index (χ2n) is 3.28. The van der Waals surface area contributed by atoms with E-state index in [9.17, 15) is 9.59 Å². The molecular weight excluding hydrogens is 188 g/mol. The summed E-state index contributed by atoms with van der Waals surface area (Å²) < 4.78 is 0. The van der Waals surface area contributed by atoms with Gasteiger partial charge in [0, 0.05) is 0 Å². The van der Waals surface area contributed by atoms with Crippen LogP contribution in [-0.4, -0.2) is 36.7 Å². The van der Waals surface area contributed by atoms with E-state index in [1.807, 2.05) is 5.48 Å². The van der Waals surface area contributed by atoms with Gasteiger partial charge in [0.1, 0.15) is 0 Å².